The molecule has 3 aromatic rings. The molecule has 1 atom stereocenters. The Labute approximate surface area is 208 Å². The minimum atomic E-state index is -0.592. The van der Waals surface area contributed by atoms with Crippen LogP contribution in [0, 0.1) is 11.7 Å². The van der Waals surface area contributed by atoms with Crippen LogP contribution in [0.15, 0.2) is 40.8 Å². The van der Waals surface area contributed by atoms with Crippen LogP contribution in [0.25, 0.3) is 11.1 Å². The first-order valence-electron chi connectivity index (χ1n) is 12.7. The van der Waals surface area contributed by atoms with E-state index in [0.29, 0.717) is 37.3 Å². The summed E-state index contributed by atoms with van der Waals surface area (Å²) in [5.41, 5.74) is 2.22. The number of hydrogen-bond acceptors (Lipinski definition) is 6. The van der Waals surface area contributed by atoms with Gasteiger partial charge in [-0.1, -0.05) is 31.4 Å². The summed E-state index contributed by atoms with van der Waals surface area (Å²) in [7, 11) is 0. The summed E-state index contributed by atoms with van der Waals surface area (Å²) in [6, 6.07) is 9.68. The summed E-state index contributed by atoms with van der Waals surface area (Å²) in [6.45, 7) is 1.11. The van der Waals surface area contributed by atoms with Crippen LogP contribution in [0.1, 0.15) is 50.5 Å². The Morgan fingerprint density at radius 3 is 2.72 bits per heavy atom. The molecular weight excluding hydrogens is 463 g/mol. The van der Waals surface area contributed by atoms with Gasteiger partial charge in [0.25, 0.3) is 6.01 Å². The largest absolute Gasteiger partial charge is 0.423 e. The zero-order valence-corrected chi connectivity index (χ0v) is 19.9. The van der Waals surface area contributed by atoms with Gasteiger partial charge in [-0.25, -0.2) is 4.39 Å². The van der Waals surface area contributed by atoms with E-state index in [1.165, 1.54) is 6.07 Å². The predicted octanol–water partition coefficient (Wildman–Crippen LogP) is 4.97. The van der Waals surface area contributed by atoms with E-state index in [0.717, 1.165) is 43.4 Å². The molecule has 36 heavy (non-hydrogen) atoms. The monoisotopic (exact) mass is 492 g/mol. The SMILES string of the molecule is O=C(Nc1ccc2c(c1)NC(=O)C21CCOCC1)C(Nc1nc2c(F)cccc2o1)C1CCCCC1. The van der Waals surface area contributed by atoms with Crippen molar-refractivity contribution in [3.05, 3.63) is 47.8 Å². The second-order valence-corrected chi connectivity index (χ2v) is 10.0. The Bertz CT molecular complexity index is 1310. The van der Waals surface area contributed by atoms with Gasteiger partial charge in [0.1, 0.15) is 11.6 Å². The number of nitrogens with one attached hydrogen (secondary N) is 3. The average Bonchev–Trinajstić information content (AvgIpc) is 3.43. The van der Waals surface area contributed by atoms with Crippen molar-refractivity contribution in [3.63, 3.8) is 0 Å². The van der Waals surface area contributed by atoms with Gasteiger partial charge in [-0.3, -0.25) is 9.59 Å². The average molecular weight is 493 g/mol. The minimum Gasteiger partial charge on any atom is -0.423 e. The van der Waals surface area contributed by atoms with E-state index in [4.69, 9.17) is 9.15 Å². The van der Waals surface area contributed by atoms with Gasteiger partial charge < -0.3 is 25.1 Å². The van der Waals surface area contributed by atoms with Crippen LogP contribution in [-0.4, -0.2) is 36.1 Å². The highest BCUT2D eigenvalue weighted by Gasteiger charge is 2.47. The molecule has 1 aromatic heterocycles. The number of nitrogens with zero attached hydrogens (tertiary/aromatic N) is 1. The molecule has 3 N–H and O–H groups in total. The number of benzene rings is 2. The highest BCUT2D eigenvalue weighted by molar-refractivity contribution is 6.07. The first kappa shape index (κ1) is 23.0. The van der Waals surface area contributed by atoms with Gasteiger partial charge in [-0.05, 0) is 61.4 Å². The number of carbonyl (C=O) groups is 2. The van der Waals surface area contributed by atoms with Crippen LogP contribution >= 0.6 is 0 Å². The third-order valence-corrected chi connectivity index (χ3v) is 7.88. The van der Waals surface area contributed by atoms with Gasteiger partial charge in [-0.2, -0.15) is 4.98 Å². The van der Waals surface area contributed by atoms with Gasteiger partial charge in [-0.15, -0.1) is 0 Å². The van der Waals surface area contributed by atoms with Crippen LogP contribution in [0.5, 0.6) is 0 Å². The smallest absolute Gasteiger partial charge is 0.296 e. The van der Waals surface area contributed by atoms with Crippen molar-refractivity contribution in [3.8, 4) is 0 Å². The van der Waals surface area contributed by atoms with E-state index >= 15 is 0 Å². The Morgan fingerprint density at radius 1 is 1.14 bits per heavy atom. The molecule has 3 heterocycles. The third-order valence-electron chi connectivity index (χ3n) is 7.88. The molecule has 8 nitrogen and oxygen atoms in total. The van der Waals surface area contributed by atoms with Gasteiger partial charge in [0.2, 0.25) is 11.8 Å². The van der Waals surface area contributed by atoms with E-state index in [9.17, 15) is 14.0 Å². The maximum Gasteiger partial charge on any atom is 0.296 e. The highest BCUT2D eigenvalue weighted by atomic mass is 19.1. The molecule has 6 rings (SSSR count). The van der Waals surface area contributed by atoms with Crippen LogP contribution in [0.3, 0.4) is 0 Å². The lowest BCUT2D eigenvalue weighted by atomic mass is 9.75. The Morgan fingerprint density at radius 2 is 1.94 bits per heavy atom. The normalized spacial score (nSPS) is 20.2. The molecule has 1 aliphatic carbocycles. The summed E-state index contributed by atoms with van der Waals surface area (Å²) in [6.07, 6.45) is 6.36. The number of para-hydroxylation sites is 1. The summed E-state index contributed by atoms with van der Waals surface area (Å²) in [5.74, 6) is -0.590. The summed E-state index contributed by atoms with van der Waals surface area (Å²) >= 11 is 0. The first-order valence-corrected chi connectivity index (χ1v) is 12.7. The van der Waals surface area contributed by atoms with Gasteiger partial charge >= 0.3 is 0 Å². The standard InChI is InChI=1S/C27H29FN4O4/c28-19-7-4-8-21-23(19)32-26(36-21)31-22(16-5-2-1-3-6-16)24(33)29-17-9-10-18-20(15-17)30-25(34)27(18)11-13-35-14-12-27/h4,7-10,15-16,22H,1-3,5-6,11-14H2,(H,29,33)(H,30,34)(H,31,32). The number of ether oxygens (including phenoxy) is 1. The fourth-order valence-corrected chi connectivity index (χ4v) is 5.92. The van der Waals surface area contributed by atoms with Gasteiger partial charge in [0, 0.05) is 24.6 Å². The molecule has 0 bridgehead atoms. The zero-order valence-electron chi connectivity index (χ0n) is 19.9. The van der Waals surface area contributed by atoms with Crippen molar-refractivity contribution in [2.45, 2.75) is 56.4 Å². The van der Waals surface area contributed by atoms with E-state index < -0.39 is 17.3 Å². The summed E-state index contributed by atoms with van der Waals surface area (Å²) in [4.78, 5) is 30.6. The number of halogens is 1. The number of carbonyl (C=O) groups excluding carboxylic acids is 2. The predicted molar refractivity (Wildman–Crippen MR) is 133 cm³/mol. The fraction of sp³-hybridized carbons (Fsp3) is 0.444. The molecule has 1 spiro atoms. The lowest BCUT2D eigenvalue weighted by Crippen LogP contribution is -2.41. The topological polar surface area (TPSA) is 105 Å². The molecule has 2 amide bonds. The van der Waals surface area contributed by atoms with Gasteiger partial charge in [0.05, 0.1) is 5.41 Å². The lowest BCUT2D eigenvalue weighted by molar-refractivity contribution is -0.124. The van der Waals surface area contributed by atoms with Crippen molar-refractivity contribution >= 4 is 40.3 Å². The summed E-state index contributed by atoms with van der Waals surface area (Å²) < 4.78 is 25.3. The lowest BCUT2D eigenvalue weighted by Gasteiger charge is -2.31. The van der Waals surface area contributed by atoms with Crippen molar-refractivity contribution in [2.75, 3.05) is 29.2 Å². The van der Waals surface area contributed by atoms with Crippen LogP contribution in [-0.2, 0) is 19.7 Å². The molecule has 1 saturated carbocycles. The molecule has 2 aliphatic heterocycles. The van der Waals surface area contributed by atoms with E-state index in [1.807, 2.05) is 18.2 Å². The van der Waals surface area contributed by atoms with Gasteiger partial charge in [0.15, 0.2) is 11.4 Å². The fourth-order valence-electron chi connectivity index (χ4n) is 5.92. The second-order valence-electron chi connectivity index (χ2n) is 10.0. The molecule has 2 fully saturated rings. The minimum absolute atomic E-state index is 0.00535. The number of aromatic nitrogens is 1. The molecule has 188 valence electrons. The number of oxazole rings is 1. The van der Waals surface area contributed by atoms with E-state index in [-0.39, 0.29) is 29.3 Å². The number of amides is 2. The van der Waals surface area contributed by atoms with Crippen molar-refractivity contribution < 1.29 is 23.1 Å². The third kappa shape index (κ3) is 4.01. The quantitative estimate of drug-likeness (QED) is 0.465. The van der Waals surface area contributed by atoms with E-state index in [2.05, 4.69) is 20.9 Å². The van der Waals surface area contributed by atoms with Crippen molar-refractivity contribution in [1.82, 2.24) is 4.98 Å². The number of fused-ring (bicyclic) bond motifs is 3. The molecule has 3 aliphatic rings. The van der Waals surface area contributed by atoms with E-state index in [1.54, 1.807) is 12.1 Å². The number of anilines is 3. The molecular formula is C27H29FN4O4. The number of rotatable bonds is 5. The molecule has 2 aromatic carbocycles. The van der Waals surface area contributed by atoms with Crippen LogP contribution < -0.4 is 16.0 Å². The Hall–Kier alpha value is -3.46. The Balaban J connectivity index is 1.24. The first-order chi connectivity index (χ1) is 17.5. The molecule has 9 heteroatoms. The molecule has 1 saturated heterocycles. The van der Waals surface area contributed by atoms with Crippen LogP contribution in [0.2, 0.25) is 0 Å². The second kappa shape index (κ2) is 9.20. The molecule has 1 unspecified atom stereocenters. The van der Waals surface area contributed by atoms with Crippen LogP contribution in [0.4, 0.5) is 21.8 Å². The maximum atomic E-state index is 14.1. The zero-order chi connectivity index (χ0) is 24.7. The van der Waals surface area contributed by atoms with Crippen molar-refractivity contribution in [2.24, 2.45) is 5.92 Å². The maximum absolute atomic E-state index is 14.1. The highest BCUT2D eigenvalue weighted by Crippen LogP contribution is 2.45. The Kier molecular flexibility index (Phi) is 5.87. The van der Waals surface area contributed by atoms with Crippen molar-refractivity contribution in [1.29, 1.82) is 0 Å². The summed E-state index contributed by atoms with van der Waals surface area (Å²) in [5, 5.41) is 9.17. The number of hydrogen-bond donors (Lipinski definition) is 3. The molecule has 0 radical (unpaired) electrons.